The highest BCUT2D eigenvalue weighted by Gasteiger charge is 2.20. The van der Waals surface area contributed by atoms with Gasteiger partial charge in [0.05, 0.1) is 25.4 Å². The molecule has 0 aromatic carbocycles. The number of rotatable bonds is 41. The van der Waals surface area contributed by atoms with E-state index in [2.05, 4.69) is 31.3 Å². The minimum atomic E-state index is -0.678. The van der Waals surface area contributed by atoms with Crippen LogP contribution in [0.25, 0.3) is 0 Å². The minimum Gasteiger partial charge on any atom is -0.466 e. The molecule has 0 aliphatic carbocycles. The molecule has 2 atom stereocenters. The van der Waals surface area contributed by atoms with Gasteiger partial charge in [-0.05, 0) is 51.4 Å². The Morgan fingerprint density at radius 3 is 1.39 bits per heavy atom. The van der Waals surface area contributed by atoms with E-state index >= 15 is 0 Å². The van der Waals surface area contributed by atoms with Crippen LogP contribution in [0, 0.1) is 0 Å². The van der Waals surface area contributed by atoms with Crippen LogP contribution in [0.5, 0.6) is 0 Å². The first kappa shape index (κ1) is 49.6. The van der Waals surface area contributed by atoms with Crippen LogP contribution in [-0.4, -0.2) is 47.4 Å². The molecule has 0 aromatic heterocycles. The molecule has 6 heteroatoms. The van der Waals surface area contributed by atoms with Crippen LogP contribution in [0.3, 0.4) is 0 Å². The minimum absolute atomic E-state index is 0.0304. The third-order valence-electron chi connectivity index (χ3n) is 10.3. The predicted octanol–water partition coefficient (Wildman–Crippen LogP) is 12.6. The van der Waals surface area contributed by atoms with Crippen LogP contribution in [0.2, 0.25) is 0 Å². The summed E-state index contributed by atoms with van der Waals surface area (Å²) in [5, 5.41) is 23.0. The van der Waals surface area contributed by atoms with Crippen LogP contribution in [0.1, 0.15) is 239 Å². The SMILES string of the molecule is CCCCCCCCCCCCCCCC(=O)OCCCC/C=C\CCCCCCCC(=O)NC(CO)C(O)CCCCCCCCCCCC. The quantitative estimate of drug-likeness (QED) is 0.0332. The van der Waals surface area contributed by atoms with Gasteiger partial charge in [-0.1, -0.05) is 187 Å². The molecule has 0 bridgehead atoms. The lowest BCUT2D eigenvalue weighted by atomic mass is 10.0. The van der Waals surface area contributed by atoms with Gasteiger partial charge in [0.15, 0.2) is 0 Å². The number of amides is 1. The number of nitrogens with one attached hydrogen (secondary N) is 1. The zero-order chi connectivity index (χ0) is 37.3. The number of aliphatic hydroxyl groups excluding tert-OH is 2. The third-order valence-corrected chi connectivity index (χ3v) is 10.3. The number of ether oxygens (including phenoxy) is 1. The van der Waals surface area contributed by atoms with Crippen LogP contribution in [-0.2, 0) is 14.3 Å². The van der Waals surface area contributed by atoms with E-state index in [1.165, 1.54) is 122 Å². The molecule has 0 saturated heterocycles. The van der Waals surface area contributed by atoms with E-state index in [0.717, 1.165) is 83.5 Å². The molecule has 0 spiro atoms. The lowest BCUT2D eigenvalue weighted by Crippen LogP contribution is -2.45. The average molecular weight is 722 g/mol. The number of esters is 1. The van der Waals surface area contributed by atoms with Gasteiger partial charge in [-0.15, -0.1) is 0 Å². The Labute approximate surface area is 317 Å². The van der Waals surface area contributed by atoms with Crippen LogP contribution >= 0.6 is 0 Å². The van der Waals surface area contributed by atoms with Gasteiger partial charge in [0.25, 0.3) is 0 Å². The molecule has 0 aliphatic heterocycles. The second-order valence-electron chi connectivity index (χ2n) is 15.4. The molecule has 0 saturated carbocycles. The van der Waals surface area contributed by atoms with Gasteiger partial charge in [-0.3, -0.25) is 9.59 Å². The van der Waals surface area contributed by atoms with Crippen molar-refractivity contribution in [2.24, 2.45) is 0 Å². The number of allylic oxidation sites excluding steroid dienone is 2. The second-order valence-corrected chi connectivity index (χ2v) is 15.4. The molecule has 0 fully saturated rings. The van der Waals surface area contributed by atoms with Gasteiger partial charge in [0.1, 0.15) is 0 Å². The molecule has 0 rings (SSSR count). The molecule has 0 aliphatic rings. The van der Waals surface area contributed by atoms with Crippen molar-refractivity contribution in [1.29, 1.82) is 0 Å². The molecule has 0 radical (unpaired) electrons. The molecule has 2 unspecified atom stereocenters. The Balaban J connectivity index is 3.51. The number of hydrogen-bond acceptors (Lipinski definition) is 5. The molecular formula is C45H87NO5. The lowest BCUT2D eigenvalue weighted by Gasteiger charge is -2.22. The Morgan fingerprint density at radius 1 is 0.529 bits per heavy atom. The zero-order valence-corrected chi connectivity index (χ0v) is 34.1. The molecule has 51 heavy (non-hydrogen) atoms. The summed E-state index contributed by atoms with van der Waals surface area (Å²) in [7, 11) is 0. The summed E-state index contributed by atoms with van der Waals surface area (Å²) < 4.78 is 5.42. The summed E-state index contributed by atoms with van der Waals surface area (Å²) in [6.07, 6.45) is 44.5. The van der Waals surface area contributed by atoms with Crippen molar-refractivity contribution in [2.75, 3.05) is 13.2 Å². The van der Waals surface area contributed by atoms with Crippen LogP contribution in [0.15, 0.2) is 12.2 Å². The van der Waals surface area contributed by atoms with Gasteiger partial charge >= 0.3 is 5.97 Å². The van der Waals surface area contributed by atoms with E-state index < -0.39 is 12.1 Å². The highest BCUT2D eigenvalue weighted by molar-refractivity contribution is 5.76. The Bertz CT molecular complexity index is 757. The summed E-state index contributed by atoms with van der Waals surface area (Å²) in [6.45, 7) is 4.85. The van der Waals surface area contributed by atoms with E-state index in [1.54, 1.807) is 0 Å². The summed E-state index contributed by atoms with van der Waals surface area (Å²) >= 11 is 0. The van der Waals surface area contributed by atoms with E-state index in [0.29, 0.717) is 25.9 Å². The summed E-state index contributed by atoms with van der Waals surface area (Å²) in [5.41, 5.74) is 0. The number of unbranched alkanes of at least 4 members (excludes halogenated alkanes) is 28. The summed E-state index contributed by atoms with van der Waals surface area (Å²) in [5.74, 6) is -0.0964. The highest BCUT2D eigenvalue weighted by Crippen LogP contribution is 2.15. The van der Waals surface area contributed by atoms with Crippen LogP contribution in [0.4, 0.5) is 0 Å². The molecular weight excluding hydrogens is 634 g/mol. The van der Waals surface area contributed by atoms with Crippen molar-refractivity contribution < 1.29 is 24.5 Å². The fraction of sp³-hybridized carbons (Fsp3) is 0.911. The van der Waals surface area contributed by atoms with Crippen molar-refractivity contribution in [3.05, 3.63) is 12.2 Å². The van der Waals surface area contributed by atoms with Crippen molar-refractivity contribution in [1.82, 2.24) is 5.32 Å². The van der Waals surface area contributed by atoms with Crippen molar-refractivity contribution in [2.45, 2.75) is 251 Å². The van der Waals surface area contributed by atoms with E-state index in [4.69, 9.17) is 4.74 Å². The van der Waals surface area contributed by atoms with Gasteiger partial charge < -0.3 is 20.3 Å². The molecule has 0 heterocycles. The largest absolute Gasteiger partial charge is 0.466 e. The number of carbonyl (C=O) groups excluding carboxylic acids is 2. The fourth-order valence-electron chi connectivity index (χ4n) is 6.81. The Morgan fingerprint density at radius 2 is 0.922 bits per heavy atom. The monoisotopic (exact) mass is 722 g/mol. The maximum Gasteiger partial charge on any atom is 0.305 e. The maximum absolute atomic E-state index is 12.4. The van der Waals surface area contributed by atoms with E-state index in [9.17, 15) is 19.8 Å². The summed E-state index contributed by atoms with van der Waals surface area (Å²) in [6, 6.07) is -0.559. The number of aliphatic hydroxyl groups is 2. The maximum atomic E-state index is 12.4. The highest BCUT2D eigenvalue weighted by atomic mass is 16.5. The Kier molecular flexibility index (Phi) is 40.2. The van der Waals surface area contributed by atoms with Gasteiger partial charge in [-0.25, -0.2) is 0 Å². The van der Waals surface area contributed by atoms with Crippen molar-refractivity contribution in [3.63, 3.8) is 0 Å². The second kappa shape index (κ2) is 41.4. The average Bonchev–Trinajstić information content (AvgIpc) is 3.13. The van der Waals surface area contributed by atoms with Gasteiger partial charge in [-0.2, -0.15) is 0 Å². The van der Waals surface area contributed by atoms with Crippen LogP contribution < -0.4 is 5.32 Å². The van der Waals surface area contributed by atoms with Gasteiger partial charge in [0, 0.05) is 12.8 Å². The first-order valence-corrected chi connectivity index (χ1v) is 22.4. The normalized spacial score (nSPS) is 12.8. The Hall–Kier alpha value is -1.40. The zero-order valence-electron chi connectivity index (χ0n) is 34.1. The third kappa shape index (κ3) is 38.1. The van der Waals surface area contributed by atoms with Crippen molar-refractivity contribution in [3.8, 4) is 0 Å². The number of carbonyl (C=O) groups is 2. The fourth-order valence-corrected chi connectivity index (χ4v) is 6.81. The molecule has 6 nitrogen and oxygen atoms in total. The number of hydrogen-bond donors (Lipinski definition) is 3. The topological polar surface area (TPSA) is 95.9 Å². The summed E-state index contributed by atoms with van der Waals surface area (Å²) in [4.78, 5) is 24.3. The smallest absolute Gasteiger partial charge is 0.305 e. The molecule has 302 valence electrons. The predicted molar refractivity (Wildman–Crippen MR) is 218 cm³/mol. The lowest BCUT2D eigenvalue weighted by molar-refractivity contribution is -0.143. The van der Waals surface area contributed by atoms with Crippen molar-refractivity contribution >= 4 is 11.9 Å². The standard InChI is InChI=1S/C45H87NO5/c1-3-5-7-9-11-13-15-16-19-23-27-31-35-39-45(50)51-40-36-32-28-24-20-17-18-22-26-30-34-38-44(49)46-42(41-47)43(48)37-33-29-25-21-14-12-10-8-6-4-2/h20,24,42-43,47-48H,3-19,21-23,25-41H2,1-2H3,(H,46,49)/b24-20-. The van der Waals surface area contributed by atoms with Gasteiger partial charge in [0.2, 0.25) is 5.91 Å². The first-order valence-electron chi connectivity index (χ1n) is 22.4. The first-order chi connectivity index (χ1) is 25.0. The van der Waals surface area contributed by atoms with E-state index in [1.807, 2.05) is 0 Å². The molecule has 3 N–H and O–H groups in total. The molecule has 0 aromatic rings. The molecule has 1 amide bonds. The van der Waals surface area contributed by atoms with E-state index in [-0.39, 0.29) is 18.5 Å².